The molecule has 2 rings (SSSR count). The van der Waals surface area contributed by atoms with E-state index in [0.29, 0.717) is 12.1 Å². The average molecular weight is 229 g/mol. The molecule has 0 bridgehead atoms. The fourth-order valence-electron chi connectivity index (χ4n) is 2.79. The standard InChI is InChI=1S/C12H23NOS/c1-9-7-11(5-6-14-9)13-10-3-4-12(8-10)15-2/h9-13H,3-8H2,1-2H3. The van der Waals surface area contributed by atoms with Gasteiger partial charge in [0.15, 0.2) is 0 Å². The zero-order chi connectivity index (χ0) is 10.7. The Balaban J connectivity index is 1.72. The van der Waals surface area contributed by atoms with Gasteiger partial charge >= 0.3 is 0 Å². The van der Waals surface area contributed by atoms with E-state index in [9.17, 15) is 0 Å². The van der Waals surface area contributed by atoms with Crippen LogP contribution in [0, 0.1) is 0 Å². The molecular formula is C12H23NOS. The van der Waals surface area contributed by atoms with E-state index in [2.05, 4.69) is 18.5 Å². The minimum atomic E-state index is 0.453. The summed E-state index contributed by atoms with van der Waals surface area (Å²) in [7, 11) is 0. The summed E-state index contributed by atoms with van der Waals surface area (Å²) in [4.78, 5) is 0. The lowest BCUT2D eigenvalue weighted by Gasteiger charge is -2.30. The fourth-order valence-corrected chi connectivity index (χ4v) is 3.58. The van der Waals surface area contributed by atoms with Crippen LogP contribution in [-0.2, 0) is 4.74 Å². The molecule has 1 saturated heterocycles. The van der Waals surface area contributed by atoms with E-state index >= 15 is 0 Å². The molecule has 0 radical (unpaired) electrons. The molecule has 3 heteroatoms. The lowest BCUT2D eigenvalue weighted by Crippen LogP contribution is -2.42. The van der Waals surface area contributed by atoms with Crippen molar-refractivity contribution in [3.8, 4) is 0 Å². The van der Waals surface area contributed by atoms with Gasteiger partial charge in [0.2, 0.25) is 0 Å². The molecule has 15 heavy (non-hydrogen) atoms. The summed E-state index contributed by atoms with van der Waals surface area (Å²) in [6, 6.07) is 1.48. The van der Waals surface area contributed by atoms with E-state index in [0.717, 1.165) is 17.9 Å². The highest BCUT2D eigenvalue weighted by molar-refractivity contribution is 7.99. The zero-order valence-electron chi connectivity index (χ0n) is 9.87. The molecule has 1 heterocycles. The summed E-state index contributed by atoms with van der Waals surface area (Å²) in [6.07, 6.45) is 9.23. The Hall–Kier alpha value is 0.270. The second-order valence-electron chi connectivity index (χ2n) is 4.94. The first kappa shape index (κ1) is 11.7. The Labute approximate surface area is 97.5 Å². The van der Waals surface area contributed by atoms with Crippen LogP contribution < -0.4 is 5.32 Å². The van der Waals surface area contributed by atoms with Gasteiger partial charge in [-0.3, -0.25) is 0 Å². The van der Waals surface area contributed by atoms with Crippen LogP contribution in [0.2, 0.25) is 0 Å². The van der Waals surface area contributed by atoms with Crippen molar-refractivity contribution < 1.29 is 4.74 Å². The van der Waals surface area contributed by atoms with Gasteiger partial charge in [0.25, 0.3) is 0 Å². The second-order valence-corrected chi connectivity index (χ2v) is 6.08. The fraction of sp³-hybridized carbons (Fsp3) is 1.00. The topological polar surface area (TPSA) is 21.3 Å². The lowest BCUT2D eigenvalue weighted by molar-refractivity contribution is 0.0114. The Morgan fingerprint density at radius 2 is 1.93 bits per heavy atom. The minimum Gasteiger partial charge on any atom is -0.378 e. The Morgan fingerprint density at radius 3 is 2.60 bits per heavy atom. The van der Waals surface area contributed by atoms with Crippen LogP contribution in [0.15, 0.2) is 0 Å². The maximum atomic E-state index is 5.57. The van der Waals surface area contributed by atoms with Gasteiger partial charge in [-0.25, -0.2) is 0 Å². The molecule has 1 N–H and O–H groups in total. The molecule has 4 unspecified atom stereocenters. The first-order chi connectivity index (χ1) is 7.28. The Kier molecular flexibility index (Phi) is 4.35. The van der Waals surface area contributed by atoms with E-state index in [1.165, 1.54) is 32.1 Å². The second kappa shape index (κ2) is 5.55. The molecule has 1 aliphatic heterocycles. The molecule has 0 aromatic carbocycles. The molecule has 1 saturated carbocycles. The van der Waals surface area contributed by atoms with Crippen LogP contribution in [-0.4, -0.2) is 36.3 Å². The van der Waals surface area contributed by atoms with Gasteiger partial charge in [-0.15, -0.1) is 0 Å². The molecular weight excluding hydrogens is 206 g/mol. The van der Waals surface area contributed by atoms with Gasteiger partial charge in [0, 0.05) is 23.9 Å². The smallest absolute Gasteiger partial charge is 0.0561 e. The van der Waals surface area contributed by atoms with Crippen LogP contribution >= 0.6 is 11.8 Å². The van der Waals surface area contributed by atoms with Crippen molar-refractivity contribution in [1.29, 1.82) is 0 Å². The van der Waals surface area contributed by atoms with Gasteiger partial charge in [-0.1, -0.05) is 0 Å². The number of ether oxygens (including phenoxy) is 1. The summed E-state index contributed by atoms with van der Waals surface area (Å²) >= 11 is 2.03. The maximum Gasteiger partial charge on any atom is 0.0561 e. The monoisotopic (exact) mass is 229 g/mol. The number of hydrogen-bond donors (Lipinski definition) is 1. The number of hydrogen-bond acceptors (Lipinski definition) is 3. The third-order valence-corrected chi connectivity index (χ3v) is 4.77. The number of nitrogens with one attached hydrogen (secondary N) is 1. The molecule has 0 amide bonds. The largest absolute Gasteiger partial charge is 0.378 e. The van der Waals surface area contributed by atoms with Crippen molar-refractivity contribution in [2.24, 2.45) is 0 Å². The van der Waals surface area contributed by atoms with Gasteiger partial charge in [0.1, 0.15) is 0 Å². The molecule has 2 nitrogen and oxygen atoms in total. The quantitative estimate of drug-likeness (QED) is 0.803. The van der Waals surface area contributed by atoms with E-state index in [4.69, 9.17) is 4.74 Å². The Morgan fingerprint density at radius 1 is 1.13 bits per heavy atom. The van der Waals surface area contributed by atoms with Crippen molar-refractivity contribution in [2.45, 2.75) is 62.5 Å². The van der Waals surface area contributed by atoms with Crippen LogP contribution in [0.3, 0.4) is 0 Å². The third-order valence-electron chi connectivity index (χ3n) is 3.67. The van der Waals surface area contributed by atoms with Gasteiger partial charge in [-0.05, 0) is 45.3 Å². The molecule has 2 fully saturated rings. The molecule has 1 aliphatic carbocycles. The zero-order valence-corrected chi connectivity index (χ0v) is 10.7. The summed E-state index contributed by atoms with van der Waals surface area (Å²) < 4.78 is 5.57. The van der Waals surface area contributed by atoms with Crippen molar-refractivity contribution in [3.05, 3.63) is 0 Å². The highest BCUT2D eigenvalue weighted by Gasteiger charge is 2.27. The van der Waals surface area contributed by atoms with Crippen LogP contribution in [0.5, 0.6) is 0 Å². The van der Waals surface area contributed by atoms with Crippen LogP contribution in [0.1, 0.15) is 39.0 Å². The molecule has 0 aromatic heterocycles. The molecule has 4 atom stereocenters. The molecule has 0 spiro atoms. The lowest BCUT2D eigenvalue weighted by atomic mass is 10.0. The average Bonchev–Trinajstić information content (AvgIpc) is 2.65. The Bertz CT molecular complexity index is 200. The molecule has 2 aliphatic rings. The first-order valence-electron chi connectivity index (χ1n) is 6.18. The van der Waals surface area contributed by atoms with Crippen molar-refractivity contribution in [3.63, 3.8) is 0 Å². The summed E-state index contributed by atoms with van der Waals surface area (Å²) in [5.41, 5.74) is 0. The van der Waals surface area contributed by atoms with Crippen molar-refractivity contribution in [2.75, 3.05) is 12.9 Å². The first-order valence-corrected chi connectivity index (χ1v) is 7.47. The highest BCUT2D eigenvalue weighted by Crippen LogP contribution is 2.29. The minimum absolute atomic E-state index is 0.453. The molecule has 88 valence electrons. The number of thioether (sulfide) groups is 1. The summed E-state index contributed by atoms with van der Waals surface area (Å²) in [5, 5.41) is 4.72. The van der Waals surface area contributed by atoms with Crippen molar-refractivity contribution >= 4 is 11.8 Å². The van der Waals surface area contributed by atoms with E-state index < -0.39 is 0 Å². The maximum absolute atomic E-state index is 5.57. The predicted molar refractivity (Wildman–Crippen MR) is 66.5 cm³/mol. The van der Waals surface area contributed by atoms with Crippen LogP contribution in [0.4, 0.5) is 0 Å². The molecule has 0 aromatic rings. The third kappa shape index (κ3) is 3.36. The number of rotatable bonds is 3. The van der Waals surface area contributed by atoms with E-state index in [1.54, 1.807) is 0 Å². The normalized spacial score (nSPS) is 42.0. The highest BCUT2D eigenvalue weighted by atomic mass is 32.2. The summed E-state index contributed by atoms with van der Waals surface area (Å²) in [5.74, 6) is 0. The van der Waals surface area contributed by atoms with Gasteiger partial charge in [0.05, 0.1) is 6.10 Å². The van der Waals surface area contributed by atoms with Crippen molar-refractivity contribution in [1.82, 2.24) is 5.32 Å². The summed E-state index contributed by atoms with van der Waals surface area (Å²) in [6.45, 7) is 3.13. The van der Waals surface area contributed by atoms with Gasteiger partial charge in [-0.2, -0.15) is 11.8 Å². The van der Waals surface area contributed by atoms with E-state index in [-0.39, 0.29) is 0 Å². The van der Waals surface area contributed by atoms with Gasteiger partial charge < -0.3 is 10.1 Å². The van der Waals surface area contributed by atoms with E-state index in [1.807, 2.05) is 11.8 Å². The predicted octanol–water partition coefficient (Wildman–Crippen LogP) is 2.43. The van der Waals surface area contributed by atoms with Crippen LogP contribution in [0.25, 0.3) is 0 Å². The SMILES string of the molecule is CSC1CCC(NC2CCOC(C)C2)C1.